The minimum atomic E-state index is -4.37. The Hall–Kier alpha value is -3.42. The van der Waals surface area contributed by atoms with E-state index in [-0.39, 0.29) is 5.78 Å². The van der Waals surface area contributed by atoms with E-state index in [2.05, 4.69) is 19.8 Å². The normalized spacial score (nSPS) is 14.5. The summed E-state index contributed by atoms with van der Waals surface area (Å²) >= 11 is 0. The Morgan fingerprint density at radius 2 is 1.47 bits per heavy atom. The van der Waals surface area contributed by atoms with E-state index in [1.54, 1.807) is 6.92 Å². The van der Waals surface area contributed by atoms with Gasteiger partial charge in [-0.2, -0.15) is 13.2 Å². The van der Waals surface area contributed by atoms with Gasteiger partial charge in [0.05, 0.1) is 5.56 Å². The molecule has 2 aromatic carbocycles. The third-order valence-electron chi connectivity index (χ3n) is 5.55. The van der Waals surface area contributed by atoms with Gasteiger partial charge in [-0.05, 0) is 50.2 Å². The van der Waals surface area contributed by atoms with Gasteiger partial charge in [-0.15, -0.1) is 0 Å². The van der Waals surface area contributed by atoms with Crippen LogP contribution in [0.25, 0.3) is 11.4 Å². The fourth-order valence-electron chi connectivity index (χ4n) is 3.75. The highest BCUT2D eigenvalue weighted by Gasteiger charge is 2.30. The van der Waals surface area contributed by atoms with Crippen LogP contribution in [0.5, 0.6) is 0 Å². The number of nitrogens with zero attached hydrogens (tertiary/aromatic N) is 4. The largest absolute Gasteiger partial charge is 0.416 e. The summed E-state index contributed by atoms with van der Waals surface area (Å²) in [5.74, 6) is 1.22. The number of benzene rings is 2. The summed E-state index contributed by atoms with van der Waals surface area (Å²) in [6.45, 7) is 6.48. The fourth-order valence-corrected chi connectivity index (χ4v) is 3.75. The summed E-state index contributed by atoms with van der Waals surface area (Å²) in [6, 6.07) is 14.4. The number of aryl methyl sites for hydroxylation is 1. The first-order valence-electron chi connectivity index (χ1n) is 10.3. The number of hydrogen-bond acceptors (Lipinski definition) is 5. The molecule has 1 saturated heterocycles. The first-order chi connectivity index (χ1) is 15.2. The quantitative estimate of drug-likeness (QED) is 0.535. The average molecular weight is 440 g/mol. The molecule has 3 aromatic rings. The van der Waals surface area contributed by atoms with E-state index in [1.807, 2.05) is 37.3 Å². The van der Waals surface area contributed by atoms with Crippen molar-refractivity contribution in [3.8, 4) is 11.4 Å². The molecule has 5 nitrogen and oxygen atoms in total. The fraction of sp³-hybridized carbons (Fsp3) is 0.292. The van der Waals surface area contributed by atoms with Crippen LogP contribution in [-0.4, -0.2) is 41.9 Å². The summed E-state index contributed by atoms with van der Waals surface area (Å²) < 4.78 is 38.5. The Balaban J connectivity index is 1.48. The Kier molecular flexibility index (Phi) is 5.86. The monoisotopic (exact) mass is 440 g/mol. The molecule has 0 saturated carbocycles. The van der Waals surface area contributed by atoms with Crippen molar-refractivity contribution in [2.24, 2.45) is 0 Å². The van der Waals surface area contributed by atoms with Crippen LogP contribution >= 0.6 is 0 Å². The molecule has 0 amide bonds. The molecule has 0 unspecified atom stereocenters. The summed E-state index contributed by atoms with van der Waals surface area (Å²) in [4.78, 5) is 24.9. The van der Waals surface area contributed by atoms with Crippen molar-refractivity contribution in [2.75, 3.05) is 36.0 Å². The van der Waals surface area contributed by atoms with E-state index in [1.165, 1.54) is 12.1 Å². The van der Waals surface area contributed by atoms with Crippen LogP contribution in [0.4, 0.5) is 24.7 Å². The number of ketones is 1. The lowest BCUT2D eigenvalue weighted by atomic mass is 10.1. The molecular formula is C24H23F3N4O. The van der Waals surface area contributed by atoms with Gasteiger partial charge in [0.15, 0.2) is 11.6 Å². The number of piperazine rings is 1. The smallest absolute Gasteiger partial charge is 0.368 e. The number of aromatic nitrogens is 2. The van der Waals surface area contributed by atoms with Crippen molar-refractivity contribution in [1.29, 1.82) is 0 Å². The first-order valence-corrected chi connectivity index (χ1v) is 10.3. The van der Waals surface area contributed by atoms with Gasteiger partial charge in [0.1, 0.15) is 5.82 Å². The zero-order valence-corrected chi connectivity index (χ0v) is 17.9. The van der Waals surface area contributed by atoms with E-state index in [9.17, 15) is 18.0 Å². The molecule has 0 atom stereocenters. The van der Waals surface area contributed by atoms with E-state index in [0.29, 0.717) is 17.0 Å². The molecule has 8 heteroatoms. The SMILES string of the molecule is CC(=O)c1ccc(N2CCN(c3cc(C)nc(-c4ccc(C(F)(F)F)cc4)n3)CC2)cc1. The van der Waals surface area contributed by atoms with E-state index >= 15 is 0 Å². The molecule has 0 radical (unpaired) electrons. The molecule has 0 spiro atoms. The lowest BCUT2D eigenvalue weighted by Crippen LogP contribution is -2.46. The van der Waals surface area contributed by atoms with Gasteiger partial charge in [0.2, 0.25) is 0 Å². The molecule has 1 aliphatic heterocycles. The van der Waals surface area contributed by atoms with Crippen LogP contribution in [0.1, 0.15) is 28.5 Å². The lowest BCUT2D eigenvalue weighted by molar-refractivity contribution is -0.137. The highest BCUT2D eigenvalue weighted by molar-refractivity contribution is 5.94. The Morgan fingerprint density at radius 1 is 0.875 bits per heavy atom. The van der Waals surface area contributed by atoms with Crippen molar-refractivity contribution in [2.45, 2.75) is 20.0 Å². The van der Waals surface area contributed by atoms with Crippen molar-refractivity contribution < 1.29 is 18.0 Å². The number of anilines is 2. The van der Waals surface area contributed by atoms with Gasteiger partial charge >= 0.3 is 6.18 Å². The molecule has 1 aromatic heterocycles. The minimum Gasteiger partial charge on any atom is -0.368 e. The minimum absolute atomic E-state index is 0.0457. The Bertz CT molecular complexity index is 1100. The second-order valence-electron chi connectivity index (χ2n) is 7.84. The van der Waals surface area contributed by atoms with Gasteiger partial charge in [0, 0.05) is 54.8 Å². The van der Waals surface area contributed by atoms with Crippen LogP contribution in [0.3, 0.4) is 0 Å². The van der Waals surface area contributed by atoms with Gasteiger partial charge in [-0.3, -0.25) is 4.79 Å². The van der Waals surface area contributed by atoms with Crippen molar-refractivity contribution >= 4 is 17.3 Å². The highest BCUT2D eigenvalue weighted by atomic mass is 19.4. The molecule has 1 aliphatic rings. The summed E-state index contributed by atoms with van der Waals surface area (Å²) in [5, 5.41) is 0. The Labute approximate surface area is 184 Å². The van der Waals surface area contributed by atoms with Crippen LogP contribution < -0.4 is 9.80 Å². The predicted octanol–water partition coefficient (Wildman–Crippen LogP) is 5.00. The van der Waals surface area contributed by atoms with Crippen LogP contribution in [0, 0.1) is 6.92 Å². The molecule has 2 heterocycles. The van der Waals surface area contributed by atoms with Crippen LogP contribution in [-0.2, 0) is 6.18 Å². The lowest BCUT2D eigenvalue weighted by Gasteiger charge is -2.37. The molecule has 0 N–H and O–H groups in total. The number of carbonyl (C=O) groups is 1. The van der Waals surface area contributed by atoms with E-state index in [0.717, 1.165) is 55.5 Å². The van der Waals surface area contributed by atoms with Gasteiger partial charge < -0.3 is 9.80 Å². The molecule has 4 rings (SSSR count). The maximum absolute atomic E-state index is 12.8. The van der Waals surface area contributed by atoms with Crippen LogP contribution in [0.15, 0.2) is 54.6 Å². The second kappa shape index (κ2) is 8.61. The molecule has 0 bridgehead atoms. The standard InChI is InChI=1S/C24H23F3N4O/c1-16-15-22(29-23(28-16)19-3-7-20(8-4-19)24(25,26)27)31-13-11-30(12-14-31)21-9-5-18(6-10-21)17(2)32/h3-10,15H,11-14H2,1-2H3. The number of carbonyl (C=O) groups excluding carboxylic acids is 1. The van der Waals surface area contributed by atoms with Gasteiger partial charge in [-0.25, -0.2) is 9.97 Å². The highest BCUT2D eigenvalue weighted by Crippen LogP contribution is 2.31. The zero-order valence-electron chi connectivity index (χ0n) is 17.9. The van der Waals surface area contributed by atoms with Crippen molar-refractivity contribution in [3.63, 3.8) is 0 Å². The molecule has 0 aliphatic carbocycles. The topological polar surface area (TPSA) is 49.3 Å². The van der Waals surface area contributed by atoms with E-state index in [4.69, 9.17) is 0 Å². The van der Waals surface area contributed by atoms with Crippen molar-refractivity contribution in [3.05, 3.63) is 71.4 Å². The maximum Gasteiger partial charge on any atom is 0.416 e. The number of halogens is 3. The average Bonchev–Trinajstić information content (AvgIpc) is 2.78. The number of rotatable bonds is 4. The third kappa shape index (κ3) is 4.74. The summed E-state index contributed by atoms with van der Waals surface area (Å²) in [6.07, 6.45) is -4.37. The maximum atomic E-state index is 12.8. The first kappa shape index (κ1) is 21.8. The molecule has 166 valence electrons. The zero-order chi connectivity index (χ0) is 22.9. The Morgan fingerprint density at radius 3 is 2.03 bits per heavy atom. The number of alkyl halides is 3. The van der Waals surface area contributed by atoms with Crippen molar-refractivity contribution in [1.82, 2.24) is 9.97 Å². The predicted molar refractivity (Wildman–Crippen MR) is 118 cm³/mol. The third-order valence-corrected chi connectivity index (χ3v) is 5.55. The van der Waals surface area contributed by atoms with Gasteiger partial charge in [-0.1, -0.05) is 12.1 Å². The number of Topliss-reactive ketones (excluding diaryl/α,β-unsaturated/α-hetero) is 1. The van der Waals surface area contributed by atoms with Gasteiger partial charge in [0.25, 0.3) is 0 Å². The number of hydrogen-bond donors (Lipinski definition) is 0. The van der Waals surface area contributed by atoms with Crippen LogP contribution in [0.2, 0.25) is 0 Å². The molecule has 32 heavy (non-hydrogen) atoms. The van der Waals surface area contributed by atoms with E-state index < -0.39 is 11.7 Å². The molecular weight excluding hydrogens is 417 g/mol. The molecule has 1 fully saturated rings. The second-order valence-corrected chi connectivity index (χ2v) is 7.84. The summed E-state index contributed by atoms with van der Waals surface area (Å²) in [5.41, 5.74) is 2.37. The summed E-state index contributed by atoms with van der Waals surface area (Å²) in [7, 11) is 0.